The molecule has 1 atom stereocenters. The van der Waals surface area contributed by atoms with Crippen LogP contribution >= 0.6 is 0 Å². The first-order valence-electron chi connectivity index (χ1n) is 7.80. The maximum absolute atomic E-state index is 14.0. The van der Waals surface area contributed by atoms with Gasteiger partial charge in [-0.25, -0.2) is 12.8 Å². The Morgan fingerprint density at radius 2 is 1.79 bits per heavy atom. The van der Waals surface area contributed by atoms with Gasteiger partial charge in [0, 0.05) is 23.9 Å². The Kier molecular flexibility index (Phi) is 4.46. The van der Waals surface area contributed by atoms with Crippen molar-refractivity contribution in [3.8, 4) is 0 Å². The van der Waals surface area contributed by atoms with Crippen LogP contribution in [0.1, 0.15) is 30.1 Å². The number of rotatable bonds is 6. The maximum Gasteiger partial charge on any atom is 0.175 e. The Bertz CT molecular complexity index is 830. The minimum Gasteiger partial charge on any atom is -0.387 e. The lowest BCUT2D eigenvalue weighted by molar-refractivity contribution is 0.167. The van der Waals surface area contributed by atoms with Crippen molar-refractivity contribution in [2.24, 2.45) is 0 Å². The molecular weight excluding hydrogens is 329 g/mol. The van der Waals surface area contributed by atoms with Crippen molar-refractivity contribution in [3.05, 3.63) is 65.5 Å². The van der Waals surface area contributed by atoms with Crippen molar-refractivity contribution in [3.63, 3.8) is 0 Å². The van der Waals surface area contributed by atoms with Crippen LogP contribution in [0.15, 0.2) is 53.4 Å². The molecule has 2 N–H and O–H groups in total. The second-order valence-corrected chi connectivity index (χ2v) is 8.32. The maximum atomic E-state index is 14.0. The number of aliphatic hydroxyl groups is 1. The summed E-state index contributed by atoms with van der Waals surface area (Å²) in [7, 11) is -3.25. The van der Waals surface area contributed by atoms with Crippen LogP contribution in [0.25, 0.3) is 0 Å². The number of halogens is 1. The van der Waals surface area contributed by atoms with E-state index in [0.29, 0.717) is 11.1 Å². The SMILES string of the molecule is CS(=O)(=O)c1ccc(C(O)CNC2(c3ccccc3F)CC2)cc1. The minimum absolute atomic E-state index is 0.219. The quantitative estimate of drug-likeness (QED) is 0.841. The highest BCUT2D eigenvalue weighted by atomic mass is 32.2. The van der Waals surface area contributed by atoms with Crippen molar-refractivity contribution in [1.82, 2.24) is 5.32 Å². The molecule has 2 aromatic carbocycles. The van der Waals surface area contributed by atoms with E-state index in [1.165, 1.54) is 18.2 Å². The van der Waals surface area contributed by atoms with Crippen molar-refractivity contribution in [2.45, 2.75) is 29.4 Å². The van der Waals surface area contributed by atoms with Crippen molar-refractivity contribution >= 4 is 9.84 Å². The summed E-state index contributed by atoms with van der Waals surface area (Å²) >= 11 is 0. The van der Waals surface area contributed by atoms with Crippen LogP contribution in [0.5, 0.6) is 0 Å². The standard InChI is InChI=1S/C18H20FNO3S/c1-24(22,23)14-8-6-13(7-9-14)17(21)12-20-18(10-11-18)15-4-2-3-5-16(15)19/h2-9,17,20-21H,10-12H2,1H3. The summed E-state index contributed by atoms with van der Waals surface area (Å²) < 4.78 is 36.9. The van der Waals surface area contributed by atoms with E-state index in [1.807, 2.05) is 0 Å². The number of nitrogens with one attached hydrogen (secondary N) is 1. The molecule has 0 bridgehead atoms. The molecule has 6 heteroatoms. The molecule has 0 saturated heterocycles. The smallest absolute Gasteiger partial charge is 0.175 e. The molecule has 128 valence electrons. The molecule has 0 amide bonds. The number of hydrogen-bond acceptors (Lipinski definition) is 4. The summed E-state index contributed by atoms with van der Waals surface area (Å²) in [5.41, 5.74) is 0.850. The first-order valence-corrected chi connectivity index (χ1v) is 9.69. The summed E-state index contributed by atoms with van der Waals surface area (Å²) in [6.45, 7) is 0.270. The van der Waals surface area contributed by atoms with Crippen molar-refractivity contribution in [2.75, 3.05) is 12.8 Å². The largest absolute Gasteiger partial charge is 0.387 e. The molecule has 2 aromatic rings. The van der Waals surface area contributed by atoms with Gasteiger partial charge in [0.15, 0.2) is 9.84 Å². The summed E-state index contributed by atoms with van der Waals surface area (Å²) in [6, 6.07) is 12.8. The molecule has 1 aliphatic carbocycles. The second kappa shape index (κ2) is 6.27. The Labute approximate surface area is 141 Å². The number of hydrogen-bond donors (Lipinski definition) is 2. The molecule has 1 unspecified atom stereocenters. The Hall–Kier alpha value is -1.76. The molecule has 0 aliphatic heterocycles. The van der Waals surface area contributed by atoms with Gasteiger partial charge in [-0.3, -0.25) is 0 Å². The van der Waals surface area contributed by atoms with Gasteiger partial charge < -0.3 is 10.4 Å². The first-order chi connectivity index (χ1) is 11.3. The van der Waals surface area contributed by atoms with Gasteiger partial charge in [-0.15, -0.1) is 0 Å². The topological polar surface area (TPSA) is 66.4 Å². The predicted molar refractivity (Wildman–Crippen MR) is 89.8 cm³/mol. The van der Waals surface area contributed by atoms with Crippen LogP contribution in [0.3, 0.4) is 0 Å². The molecule has 0 heterocycles. The Morgan fingerprint density at radius 1 is 1.17 bits per heavy atom. The van der Waals surface area contributed by atoms with E-state index < -0.39 is 21.5 Å². The van der Waals surface area contributed by atoms with Gasteiger partial charge in [-0.2, -0.15) is 0 Å². The van der Waals surface area contributed by atoms with E-state index in [9.17, 15) is 17.9 Å². The average Bonchev–Trinajstić information content (AvgIpc) is 3.33. The zero-order chi connectivity index (χ0) is 17.4. The lowest BCUT2D eigenvalue weighted by Crippen LogP contribution is -2.33. The van der Waals surface area contributed by atoms with E-state index in [4.69, 9.17) is 0 Å². The zero-order valence-corrected chi connectivity index (χ0v) is 14.2. The fourth-order valence-electron chi connectivity index (χ4n) is 2.86. The highest BCUT2D eigenvalue weighted by Gasteiger charge is 2.45. The number of aliphatic hydroxyl groups excluding tert-OH is 1. The van der Waals surface area contributed by atoms with E-state index in [2.05, 4.69) is 5.32 Å². The molecule has 3 rings (SSSR count). The van der Waals surface area contributed by atoms with E-state index in [0.717, 1.165) is 19.1 Å². The van der Waals surface area contributed by atoms with Crippen molar-refractivity contribution < 1.29 is 17.9 Å². The highest BCUT2D eigenvalue weighted by molar-refractivity contribution is 7.90. The third-order valence-corrected chi connectivity index (χ3v) is 5.59. The number of sulfone groups is 1. The first kappa shape index (κ1) is 17.1. The van der Waals surface area contributed by atoms with Crippen LogP contribution in [0.2, 0.25) is 0 Å². The van der Waals surface area contributed by atoms with E-state index >= 15 is 0 Å². The fourth-order valence-corrected chi connectivity index (χ4v) is 3.49. The Balaban J connectivity index is 1.68. The van der Waals surface area contributed by atoms with Crippen LogP contribution in [-0.2, 0) is 15.4 Å². The lowest BCUT2D eigenvalue weighted by atomic mass is 10.0. The second-order valence-electron chi connectivity index (χ2n) is 6.30. The predicted octanol–water partition coefficient (Wildman–Crippen LogP) is 2.54. The summed E-state index contributed by atoms with van der Waals surface area (Å²) in [5.74, 6) is -0.241. The van der Waals surface area contributed by atoms with Crippen LogP contribution in [0, 0.1) is 5.82 Å². The van der Waals surface area contributed by atoms with E-state index in [1.54, 1.807) is 30.3 Å². The van der Waals surface area contributed by atoms with Gasteiger partial charge in [0.25, 0.3) is 0 Å². The van der Waals surface area contributed by atoms with Gasteiger partial charge in [0.05, 0.1) is 11.0 Å². The molecule has 1 saturated carbocycles. The fraction of sp³-hybridized carbons (Fsp3) is 0.333. The van der Waals surface area contributed by atoms with Crippen LogP contribution in [-0.4, -0.2) is 26.3 Å². The molecule has 0 radical (unpaired) electrons. The van der Waals surface area contributed by atoms with Crippen LogP contribution < -0.4 is 5.32 Å². The molecule has 0 spiro atoms. The highest BCUT2D eigenvalue weighted by Crippen LogP contribution is 2.46. The third-order valence-electron chi connectivity index (χ3n) is 4.47. The summed E-state index contributed by atoms with van der Waals surface area (Å²) in [6.07, 6.45) is 2.01. The molecule has 1 fully saturated rings. The molecule has 24 heavy (non-hydrogen) atoms. The number of benzene rings is 2. The normalized spacial score (nSPS) is 17.5. The monoisotopic (exact) mass is 349 g/mol. The minimum atomic E-state index is -3.25. The summed E-state index contributed by atoms with van der Waals surface area (Å²) in [5, 5.41) is 13.6. The lowest BCUT2D eigenvalue weighted by Gasteiger charge is -2.21. The van der Waals surface area contributed by atoms with Gasteiger partial charge in [-0.05, 0) is 36.6 Å². The third kappa shape index (κ3) is 3.50. The van der Waals surface area contributed by atoms with E-state index in [-0.39, 0.29) is 17.3 Å². The van der Waals surface area contributed by atoms with Gasteiger partial charge >= 0.3 is 0 Å². The molecular formula is C18H20FNO3S. The van der Waals surface area contributed by atoms with Crippen molar-refractivity contribution in [1.29, 1.82) is 0 Å². The molecule has 4 nitrogen and oxygen atoms in total. The summed E-state index contributed by atoms with van der Waals surface area (Å²) in [4.78, 5) is 0.219. The molecule has 0 aromatic heterocycles. The molecule has 1 aliphatic rings. The Morgan fingerprint density at radius 3 is 2.33 bits per heavy atom. The average molecular weight is 349 g/mol. The van der Waals surface area contributed by atoms with Gasteiger partial charge in [0.1, 0.15) is 5.82 Å². The zero-order valence-electron chi connectivity index (χ0n) is 13.4. The van der Waals surface area contributed by atoms with Crippen LogP contribution in [0.4, 0.5) is 4.39 Å². The van der Waals surface area contributed by atoms with Gasteiger partial charge in [0.2, 0.25) is 0 Å². The van der Waals surface area contributed by atoms with Gasteiger partial charge in [-0.1, -0.05) is 30.3 Å².